The molecule has 0 spiro atoms. The SMILES string of the molecule is CC[C@@H]1[C@@H]2CN(C(=O)[C@H](C(C)(C)C)NC(=O)O[C@@H]3CC4CC4[C@H]3CCCCCc3nc4ccccc4nc3O2)[C@@H]1[C-]=O.CC[C@@H]1[C@@H]2CN(C(=O)[C@H](C(C)(C)C)NC(=O)O[C@]3(C)CCC[C@H]3CCCCCc3nc4ccccc4nc3O2)[C@@H]1[C-]=O.CC[C@@H]1[C@@H]2CN(C(=O)[C@H](C(C)(C)C)NC(=O)O[C@]3(C)C[C@H]3CCCCCc3nc4ccccc4nc3O2)[C@@H]1[C-]=O.[V].[V].[V]. The van der Waals surface area contributed by atoms with Gasteiger partial charge in [-0.3, -0.25) is 14.4 Å². The van der Waals surface area contributed by atoms with Crippen molar-refractivity contribution in [3.8, 4) is 17.6 Å². The first-order valence-electron chi connectivity index (χ1n) is 46.0. The van der Waals surface area contributed by atoms with Crippen LogP contribution in [-0.4, -0.2) is 191 Å². The number of nitrogens with zero attached hydrogens (tertiary/aromatic N) is 9. The summed E-state index contributed by atoms with van der Waals surface area (Å²) in [5.41, 5.74) is 4.15. The number of aryl methyl sites for hydroxylation is 3. The number of aromatic nitrogens is 6. The van der Waals surface area contributed by atoms with Crippen LogP contribution in [0.3, 0.4) is 0 Å². The zero-order valence-corrected chi connectivity index (χ0v) is 80.6. The van der Waals surface area contributed by atoms with Crippen LogP contribution in [0.5, 0.6) is 17.6 Å². The predicted molar refractivity (Wildman–Crippen MR) is 468 cm³/mol. The Morgan fingerprint density at radius 2 is 0.724 bits per heavy atom. The van der Waals surface area contributed by atoms with Gasteiger partial charge in [-0.1, -0.05) is 195 Å². The van der Waals surface area contributed by atoms with Gasteiger partial charge in [0.1, 0.15) is 70.8 Å². The van der Waals surface area contributed by atoms with Gasteiger partial charge in [0.25, 0.3) is 0 Å². The molecule has 127 heavy (non-hydrogen) atoms. The second-order valence-corrected chi connectivity index (χ2v) is 40.3. The summed E-state index contributed by atoms with van der Waals surface area (Å²) < 4.78 is 37.7. The maximum absolute atomic E-state index is 14.1. The monoisotopic (exact) mass is 1850 g/mol. The van der Waals surface area contributed by atoms with Crippen LogP contribution in [0.25, 0.3) is 33.1 Å². The molecule has 3 N–H and O–H groups in total. The van der Waals surface area contributed by atoms with E-state index in [2.05, 4.69) is 34.8 Å². The molecule has 3 saturated heterocycles. The Labute approximate surface area is 784 Å². The quantitative estimate of drug-likeness (QED) is 0.103. The number of rotatable bonds is 6. The van der Waals surface area contributed by atoms with Crippen molar-refractivity contribution in [3.63, 3.8) is 0 Å². The molecule has 6 aromatic rings. The number of fused-ring (bicyclic) bond motifs is 17. The van der Waals surface area contributed by atoms with Gasteiger partial charge in [0.05, 0.1) is 52.7 Å². The van der Waals surface area contributed by atoms with Gasteiger partial charge in [-0.25, -0.2) is 63.1 Å². The fourth-order valence-electron chi connectivity index (χ4n) is 21.0. The van der Waals surface area contributed by atoms with Gasteiger partial charge in [-0.2, -0.15) is 0 Å². The topological polar surface area (TPSA) is 332 Å². The molecule has 6 amide bonds. The molecular weight excluding hydrogens is 1730 g/mol. The summed E-state index contributed by atoms with van der Waals surface area (Å²) in [7, 11) is 0. The number of nitrogens with one attached hydrogen (secondary N) is 3. The van der Waals surface area contributed by atoms with Crippen molar-refractivity contribution >= 4 is 88.0 Å². The van der Waals surface area contributed by atoms with Gasteiger partial charge >= 0.3 is 18.3 Å². The van der Waals surface area contributed by atoms with Crippen LogP contribution >= 0.6 is 0 Å². The van der Waals surface area contributed by atoms with Crippen molar-refractivity contribution in [3.05, 3.63) is 89.9 Å². The third-order valence-electron chi connectivity index (χ3n) is 28.4. The molecule has 9 heterocycles. The maximum atomic E-state index is 14.1. The standard InChI is InChI=1S/C33H43N4O5.C33H45N4O5.C31H41N4O5.3V/c1-5-20-26(18-38)37-17-28(20)41-30-25(34-23-12-9-10-13-24(23)35-30)14-8-6-7-11-21-22-15-19(22)16-27(21)42-32(40)36-29(31(37)39)33(2,3)4;1-6-22-26(20-38)37-19-27(22)41-29-25(34-23-15-10-11-16-24(23)35-29)17-9-7-8-13-21-14-12-18-33(21,5)42-31(40)36-28(30(37)39)32(2,3)4;1-6-20-24(18-36)35-17-25(20)39-27-23(32-21-13-10-11-14-22(21)33-27)15-9-7-8-12-19-16-31(19,5)40-29(38)34-26(28(35)37)30(2,3)4;;;/h9-10,12-13,19-22,26-29H,5-8,11,14-17H2,1-4H3,(H,36,40);10-11,15-16,21-22,26-28H,6-9,12-14,17-19H2,1-5H3,(H,36,40);10-11,13-14,19-20,24-26H,6-9,12,15-17H2,1-5H3,(H,34,38);;;/q3*-1;;;/t19?,20-,21+,22?,26+,27+,28-,29+;21-,22+,26-,27+,28-,33-;19-,20+,24-,25+,26-,31-;;;/m011.../s1. The molecule has 7 fully saturated rings. The van der Waals surface area contributed by atoms with Gasteiger partial charge in [-0.05, 0) is 204 Å². The number of alkyl carbamates (subject to hydrolysis) is 3. The molecule has 4 saturated carbocycles. The Morgan fingerprint density at radius 1 is 0.394 bits per heavy atom. The molecule has 4 aliphatic carbocycles. The van der Waals surface area contributed by atoms with Gasteiger partial charge in [0, 0.05) is 61.6 Å². The molecule has 2 unspecified atom stereocenters. The average molecular weight is 1860 g/mol. The summed E-state index contributed by atoms with van der Waals surface area (Å²) in [6.45, 7) is 27.6. The minimum Gasteiger partial charge on any atom is -0.540 e. The third kappa shape index (κ3) is 22.6. The molecule has 6 bridgehead atoms. The van der Waals surface area contributed by atoms with E-state index in [1.807, 2.05) is 170 Å². The van der Waals surface area contributed by atoms with E-state index in [1.165, 1.54) is 21.1 Å². The van der Waals surface area contributed by atoms with Crippen molar-refractivity contribution in [2.24, 2.45) is 63.6 Å². The summed E-state index contributed by atoms with van der Waals surface area (Å²) >= 11 is 0. The normalized spacial score (nSPS) is 31.5. The Bertz CT molecular complexity index is 4800. The van der Waals surface area contributed by atoms with Gasteiger partial charge < -0.3 is 73.5 Å². The van der Waals surface area contributed by atoms with Crippen molar-refractivity contribution in [2.45, 2.75) is 323 Å². The van der Waals surface area contributed by atoms with E-state index < -0.39 is 100 Å². The van der Waals surface area contributed by atoms with E-state index in [-0.39, 0.29) is 123 Å². The predicted octanol–water partition coefficient (Wildman–Crippen LogP) is 15.3. The van der Waals surface area contributed by atoms with Gasteiger partial charge in [0.2, 0.25) is 35.4 Å². The molecule has 20 atom stereocenters. The number of ether oxygens (including phenoxy) is 6. The van der Waals surface area contributed by atoms with E-state index in [9.17, 15) is 43.2 Å². The molecular formula is C97H129N12O15V3-3. The van der Waals surface area contributed by atoms with E-state index in [0.29, 0.717) is 60.6 Å². The van der Waals surface area contributed by atoms with Crippen LogP contribution in [0.2, 0.25) is 0 Å². The van der Waals surface area contributed by atoms with Crippen molar-refractivity contribution in [1.29, 1.82) is 0 Å². The number of para-hydroxylation sites is 6. The zero-order chi connectivity index (χ0) is 88.3. The molecule has 30 heteroatoms. The molecule has 3 radical (unpaired) electrons. The van der Waals surface area contributed by atoms with E-state index in [0.717, 1.165) is 179 Å². The molecule has 3 aromatic carbocycles. The molecule has 16 rings (SSSR count). The Hall–Kier alpha value is -7.94. The molecule has 10 aliphatic rings. The third-order valence-corrected chi connectivity index (χ3v) is 28.4. The fourth-order valence-corrected chi connectivity index (χ4v) is 21.0. The molecule has 685 valence electrons. The number of hydrogen-bond donors (Lipinski definition) is 3. The molecule has 6 aliphatic heterocycles. The fraction of sp³-hybridized carbons (Fsp3) is 0.660. The van der Waals surface area contributed by atoms with Crippen molar-refractivity contribution in [1.82, 2.24) is 60.6 Å². The largest absolute Gasteiger partial charge is 0.540 e. The Balaban J connectivity index is 0.000000183. The van der Waals surface area contributed by atoms with Crippen LogP contribution < -0.4 is 30.2 Å². The number of carbonyl (C=O) groups is 6. The average Bonchev–Trinajstić information content (AvgIpc) is 1.60. The van der Waals surface area contributed by atoms with E-state index in [1.54, 1.807) is 0 Å². The van der Waals surface area contributed by atoms with Gasteiger partial charge in [-0.15, -0.1) is 0 Å². The summed E-state index contributed by atoms with van der Waals surface area (Å²) in [6.07, 6.45) is 24.9. The van der Waals surface area contributed by atoms with Crippen molar-refractivity contribution < 1.29 is 127 Å². The Kier molecular flexibility index (Phi) is 33.0. The number of benzene rings is 3. The van der Waals surface area contributed by atoms with E-state index in [4.69, 9.17) is 58.3 Å². The number of hydrogen-bond acceptors (Lipinski definition) is 21. The van der Waals surface area contributed by atoms with E-state index >= 15 is 0 Å². The first-order chi connectivity index (χ1) is 59.2. The first kappa shape index (κ1) is 99.6. The second kappa shape index (κ2) is 42.1. The van der Waals surface area contributed by atoms with Crippen molar-refractivity contribution in [2.75, 3.05) is 19.6 Å². The van der Waals surface area contributed by atoms with Crippen LogP contribution in [0, 0.1) is 63.6 Å². The minimum absolute atomic E-state index is 0. The van der Waals surface area contributed by atoms with Crippen LogP contribution in [0.4, 0.5) is 14.4 Å². The maximum Gasteiger partial charge on any atom is 0.408 e. The van der Waals surface area contributed by atoms with Crippen LogP contribution in [-0.2, 0) is 118 Å². The smallest absolute Gasteiger partial charge is 0.408 e. The molecule has 27 nitrogen and oxygen atoms in total. The Morgan fingerprint density at radius 3 is 1.08 bits per heavy atom. The van der Waals surface area contributed by atoms with Crippen LogP contribution in [0.1, 0.15) is 249 Å². The summed E-state index contributed by atoms with van der Waals surface area (Å²) in [6, 6.07) is 18.2. The summed E-state index contributed by atoms with van der Waals surface area (Å²) in [4.78, 5) is 153. The summed E-state index contributed by atoms with van der Waals surface area (Å²) in [5.74, 6) is 1.79. The molecule has 3 aromatic heterocycles. The second-order valence-electron chi connectivity index (χ2n) is 40.3. The zero-order valence-electron chi connectivity index (χ0n) is 76.4. The first-order valence-corrected chi connectivity index (χ1v) is 46.0. The summed E-state index contributed by atoms with van der Waals surface area (Å²) in [5, 5.41) is 8.65. The minimum atomic E-state index is -0.893. The van der Waals surface area contributed by atoms with Crippen LogP contribution in [0.15, 0.2) is 72.8 Å². The number of carbonyl (C=O) groups excluding carboxylic acids is 9. The van der Waals surface area contributed by atoms with Gasteiger partial charge in [0.15, 0.2) is 0 Å². The number of amides is 6.